The number of amides is 2. The van der Waals surface area contributed by atoms with E-state index in [1.165, 1.54) is 0 Å². The smallest absolute Gasteiger partial charge is 0.307 e. The third-order valence-corrected chi connectivity index (χ3v) is 7.31. The molecule has 0 aromatic rings. The predicted octanol–water partition coefficient (Wildman–Crippen LogP) is 2.51. The molecule has 42 heavy (non-hydrogen) atoms. The first kappa shape index (κ1) is 41.9. The fourth-order valence-electron chi connectivity index (χ4n) is 4.32. The van der Waals surface area contributed by atoms with E-state index in [9.17, 15) is 19.2 Å². The zero-order valence-electron chi connectivity index (χ0n) is 28.6. The van der Waals surface area contributed by atoms with Crippen LogP contribution in [0.4, 0.5) is 0 Å². The highest BCUT2D eigenvalue weighted by molar-refractivity contribution is 5.80. The van der Waals surface area contributed by atoms with Gasteiger partial charge in [-0.15, -0.1) is 0 Å². The number of nitrogens with zero attached hydrogens (tertiary/aromatic N) is 2. The topological polar surface area (TPSA) is 191 Å². The molecule has 0 aliphatic carbocycles. The van der Waals surface area contributed by atoms with Gasteiger partial charge in [0.05, 0.1) is 30.6 Å². The van der Waals surface area contributed by atoms with Crippen molar-refractivity contribution in [2.45, 2.75) is 132 Å². The summed E-state index contributed by atoms with van der Waals surface area (Å²) in [5.41, 5.74) is 10.5. The summed E-state index contributed by atoms with van der Waals surface area (Å²) in [7, 11) is 3.75. The fraction of sp³-hybridized carbons (Fsp3) is 0.867. The quantitative estimate of drug-likeness (QED) is 0.279. The lowest BCUT2D eigenvalue weighted by molar-refractivity contribution is -0.145. The van der Waals surface area contributed by atoms with Gasteiger partial charge in [-0.05, 0) is 38.5 Å². The van der Waals surface area contributed by atoms with Crippen molar-refractivity contribution in [3.05, 3.63) is 0 Å². The summed E-state index contributed by atoms with van der Waals surface area (Å²) in [6.45, 7) is 23.9. The lowest BCUT2D eigenvalue weighted by atomic mass is 9.86. The molecule has 2 heterocycles. The molecule has 8 unspecified atom stereocenters. The largest absolute Gasteiger partial charge is 0.481 e. The molecule has 8 atom stereocenters. The highest BCUT2D eigenvalue weighted by Gasteiger charge is 2.40. The van der Waals surface area contributed by atoms with Crippen LogP contribution in [0.5, 0.6) is 0 Å². The average molecular weight is 603 g/mol. The molecule has 0 bridgehead atoms. The second-order valence-corrected chi connectivity index (χ2v) is 14.1. The lowest BCUT2D eigenvalue weighted by Gasteiger charge is -2.46. The Bertz CT molecular complexity index is 867. The van der Waals surface area contributed by atoms with Crippen LogP contribution in [0, 0.1) is 22.7 Å². The number of aliphatic carboxylic acids is 2. The van der Waals surface area contributed by atoms with E-state index in [1.54, 1.807) is 20.8 Å². The number of carboxylic acid groups (broad SMARTS) is 2. The molecule has 2 aliphatic heterocycles. The van der Waals surface area contributed by atoms with Crippen LogP contribution in [0.1, 0.15) is 95.9 Å². The van der Waals surface area contributed by atoms with Crippen LogP contribution in [0.3, 0.4) is 0 Å². The molecule has 12 nitrogen and oxygen atoms in total. The third kappa shape index (κ3) is 15.3. The molecule has 12 heteroatoms. The van der Waals surface area contributed by atoms with E-state index in [0.29, 0.717) is 12.5 Å². The van der Waals surface area contributed by atoms with Gasteiger partial charge in [0, 0.05) is 44.7 Å². The molecule has 0 aromatic heterocycles. The van der Waals surface area contributed by atoms with Gasteiger partial charge in [0.1, 0.15) is 0 Å². The van der Waals surface area contributed by atoms with E-state index in [2.05, 4.69) is 66.0 Å². The van der Waals surface area contributed by atoms with Gasteiger partial charge in [-0.1, -0.05) is 55.4 Å². The van der Waals surface area contributed by atoms with Crippen molar-refractivity contribution >= 4 is 23.8 Å². The van der Waals surface area contributed by atoms with E-state index < -0.39 is 17.9 Å². The Hall–Kier alpha value is -2.28. The van der Waals surface area contributed by atoms with Crippen LogP contribution in [-0.4, -0.2) is 94.4 Å². The van der Waals surface area contributed by atoms with Crippen molar-refractivity contribution in [1.29, 1.82) is 0 Å². The Labute approximate surface area is 254 Å². The van der Waals surface area contributed by atoms with Crippen molar-refractivity contribution in [3.8, 4) is 0 Å². The van der Waals surface area contributed by atoms with Gasteiger partial charge in [0.2, 0.25) is 11.8 Å². The van der Waals surface area contributed by atoms with Crippen molar-refractivity contribution in [2.75, 3.05) is 14.1 Å². The Morgan fingerprint density at radius 3 is 1.60 bits per heavy atom. The Morgan fingerprint density at radius 2 is 1.31 bits per heavy atom. The Kier molecular flexibility index (Phi) is 17.7. The van der Waals surface area contributed by atoms with Crippen molar-refractivity contribution in [2.24, 2.45) is 34.1 Å². The van der Waals surface area contributed by atoms with Crippen molar-refractivity contribution in [1.82, 2.24) is 20.4 Å². The highest BCUT2D eigenvalue weighted by atomic mass is 16.4. The maximum atomic E-state index is 11.9. The molecule has 2 aliphatic rings. The summed E-state index contributed by atoms with van der Waals surface area (Å²) in [6.07, 6.45) is 0.966. The molecule has 0 aromatic carbocycles. The summed E-state index contributed by atoms with van der Waals surface area (Å²) >= 11 is 0. The minimum Gasteiger partial charge on any atom is -0.481 e. The minimum atomic E-state index is -0.838. The lowest BCUT2D eigenvalue weighted by Crippen LogP contribution is -2.64. The monoisotopic (exact) mass is 602 g/mol. The number of rotatable bonds is 4. The summed E-state index contributed by atoms with van der Waals surface area (Å²) in [5, 5.41) is 23.2. The summed E-state index contributed by atoms with van der Waals surface area (Å²) in [5.74, 6) is -1.54. The van der Waals surface area contributed by atoms with E-state index in [4.69, 9.17) is 21.7 Å². The molecule has 2 saturated heterocycles. The van der Waals surface area contributed by atoms with Gasteiger partial charge < -0.3 is 31.5 Å². The van der Waals surface area contributed by atoms with Gasteiger partial charge in [-0.2, -0.15) is 0 Å². The van der Waals surface area contributed by atoms with Crippen LogP contribution >= 0.6 is 0 Å². The molecule has 0 radical (unpaired) electrons. The van der Waals surface area contributed by atoms with E-state index in [1.807, 2.05) is 30.8 Å². The van der Waals surface area contributed by atoms with Crippen LogP contribution in [-0.2, 0) is 19.2 Å². The average Bonchev–Trinajstić information content (AvgIpc) is 2.80. The Morgan fingerprint density at radius 1 is 0.881 bits per heavy atom. The number of carbonyl (C=O) groups is 4. The second-order valence-electron chi connectivity index (χ2n) is 14.1. The number of hydrogen-bond donors (Lipinski definition) is 6. The minimum absolute atomic E-state index is 0.0556. The Balaban J connectivity index is 0. The van der Waals surface area contributed by atoms with Gasteiger partial charge in [0.15, 0.2) is 0 Å². The van der Waals surface area contributed by atoms with Crippen LogP contribution in [0.25, 0.3) is 0 Å². The standard InChI is InChI=1S/C11H22N2O.C10H20N2O.C5H11NO2.C4H9NO2/c1-7-8(2)12-10(11(3,4)5)13(6)9(7)14;1-7-6-8(13)12(5)9(11-7)10(2,3)4;1-3(4(2)6)5(7)8;1-3(5)2-4(6)7/h7-8,10,12H,1-6H3;7,9,11H,6H2,1-5H3;3-4H,6H2,1-2H3,(H,7,8);3H,2,5H2,1H3,(H,6,7). The molecular formula is C30H62N6O6. The first-order valence-corrected chi connectivity index (χ1v) is 14.8. The van der Waals surface area contributed by atoms with Crippen LogP contribution in [0.2, 0.25) is 0 Å². The van der Waals surface area contributed by atoms with Crippen LogP contribution < -0.4 is 22.1 Å². The van der Waals surface area contributed by atoms with Crippen molar-refractivity contribution in [3.63, 3.8) is 0 Å². The second kappa shape index (κ2) is 17.7. The predicted molar refractivity (Wildman–Crippen MR) is 167 cm³/mol. The third-order valence-electron chi connectivity index (χ3n) is 7.31. The first-order valence-electron chi connectivity index (χ1n) is 14.8. The van der Waals surface area contributed by atoms with Gasteiger partial charge >= 0.3 is 11.9 Å². The SMILES string of the molecule is CC(N)C(C)C(=O)O.CC(N)CC(=O)O.CC1CC(=O)N(C)C(C(C)(C)C)N1.CC1NC(C(C)(C)C)N(C)C(=O)C1C. The molecule has 8 N–H and O–H groups in total. The maximum Gasteiger partial charge on any atom is 0.307 e. The van der Waals surface area contributed by atoms with Gasteiger partial charge in [-0.25, -0.2) is 0 Å². The molecule has 248 valence electrons. The van der Waals surface area contributed by atoms with Crippen LogP contribution in [0.15, 0.2) is 0 Å². The zero-order chi connectivity index (χ0) is 33.9. The fourth-order valence-corrected chi connectivity index (χ4v) is 4.32. The molecular weight excluding hydrogens is 540 g/mol. The molecule has 2 fully saturated rings. The maximum absolute atomic E-state index is 11.9. The number of hydrogen-bond acceptors (Lipinski definition) is 8. The number of carbonyl (C=O) groups excluding carboxylic acids is 2. The summed E-state index contributed by atoms with van der Waals surface area (Å²) in [6, 6.07) is 0.0841. The normalized spacial score (nSPS) is 26.7. The number of nitrogens with two attached hydrogens (primary N) is 2. The first-order chi connectivity index (χ1) is 18.7. The van der Waals surface area contributed by atoms with Crippen molar-refractivity contribution < 1.29 is 29.4 Å². The number of carboxylic acids is 2. The zero-order valence-corrected chi connectivity index (χ0v) is 28.6. The summed E-state index contributed by atoms with van der Waals surface area (Å²) < 4.78 is 0. The molecule has 0 saturated carbocycles. The van der Waals surface area contributed by atoms with E-state index in [-0.39, 0.29) is 65.4 Å². The van der Waals surface area contributed by atoms with E-state index >= 15 is 0 Å². The van der Waals surface area contributed by atoms with Gasteiger partial charge in [0.25, 0.3) is 0 Å². The van der Waals surface area contributed by atoms with Gasteiger partial charge in [-0.3, -0.25) is 29.8 Å². The molecule has 2 rings (SSSR count). The summed E-state index contributed by atoms with van der Waals surface area (Å²) in [4.78, 5) is 46.9. The highest BCUT2D eigenvalue weighted by Crippen LogP contribution is 2.28. The molecule has 2 amide bonds. The molecule has 0 spiro atoms. The van der Waals surface area contributed by atoms with E-state index in [0.717, 1.165) is 0 Å². The number of nitrogens with one attached hydrogen (secondary N) is 2.